The number of rotatable bonds is 1. The summed E-state index contributed by atoms with van der Waals surface area (Å²) in [5.74, 6) is 0. The molecule has 0 atom stereocenters. The lowest BCUT2D eigenvalue weighted by molar-refractivity contribution is 0.252. The van der Waals surface area contributed by atoms with Crippen LogP contribution in [0.1, 0.15) is 5.56 Å². The van der Waals surface area contributed by atoms with Crippen molar-refractivity contribution in [3.63, 3.8) is 0 Å². The van der Waals surface area contributed by atoms with E-state index in [1.165, 1.54) is 5.56 Å². The first-order valence-electron chi connectivity index (χ1n) is 4.39. The lowest BCUT2D eigenvalue weighted by Crippen LogP contribution is -2.27. The molecule has 1 aliphatic heterocycles. The number of hydrogen-bond donors (Lipinski definition) is 1. The third kappa shape index (κ3) is 1.49. The second-order valence-electron chi connectivity index (χ2n) is 3.22. The van der Waals surface area contributed by atoms with E-state index in [4.69, 9.17) is 0 Å². The van der Waals surface area contributed by atoms with Crippen molar-refractivity contribution in [2.75, 3.05) is 18.0 Å². The number of urea groups is 1. The Morgan fingerprint density at radius 3 is 2.54 bits per heavy atom. The van der Waals surface area contributed by atoms with Crippen LogP contribution in [0.4, 0.5) is 10.5 Å². The second-order valence-corrected chi connectivity index (χ2v) is 3.22. The van der Waals surface area contributed by atoms with Crippen molar-refractivity contribution in [1.29, 1.82) is 0 Å². The molecule has 2 rings (SSSR count). The summed E-state index contributed by atoms with van der Waals surface area (Å²) in [6, 6.07) is 7.98. The largest absolute Gasteiger partial charge is 0.336 e. The van der Waals surface area contributed by atoms with Gasteiger partial charge in [0.15, 0.2) is 0 Å². The number of carbonyl (C=O) groups is 1. The monoisotopic (exact) mass is 176 g/mol. The molecule has 0 radical (unpaired) electrons. The molecule has 3 heteroatoms. The van der Waals surface area contributed by atoms with Crippen LogP contribution in [-0.2, 0) is 0 Å². The smallest absolute Gasteiger partial charge is 0.321 e. The van der Waals surface area contributed by atoms with Crippen molar-refractivity contribution in [2.24, 2.45) is 0 Å². The van der Waals surface area contributed by atoms with E-state index >= 15 is 0 Å². The summed E-state index contributed by atoms with van der Waals surface area (Å²) in [6.07, 6.45) is 0. The highest BCUT2D eigenvalue weighted by Crippen LogP contribution is 2.16. The van der Waals surface area contributed by atoms with Gasteiger partial charge in [-0.3, -0.25) is 4.90 Å². The minimum Gasteiger partial charge on any atom is -0.336 e. The van der Waals surface area contributed by atoms with Crippen molar-refractivity contribution in [3.8, 4) is 0 Å². The molecule has 0 saturated carbocycles. The number of aryl methyl sites for hydroxylation is 1. The van der Waals surface area contributed by atoms with Gasteiger partial charge in [-0.05, 0) is 19.1 Å². The van der Waals surface area contributed by atoms with Crippen molar-refractivity contribution in [1.82, 2.24) is 5.32 Å². The fraction of sp³-hybridized carbons (Fsp3) is 0.300. The molecule has 13 heavy (non-hydrogen) atoms. The molecule has 0 bridgehead atoms. The number of carbonyl (C=O) groups excluding carboxylic acids is 1. The van der Waals surface area contributed by atoms with E-state index in [1.807, 2.05) is 31.2 Å². The normalized spacial score (nSPS) is 16.1. The van der Waals surface area contributed by atoms with Gasteiger partial charge in [-0.15, -0.1) is 0 Å². The predicted molar refractivity (Wildman–Crippen MR) is 51.9 cm³/mol. The second kappa shape index (κ2) is 3.09. The van der Waals surface area contributed by atoms with Crippen LogP contribution in [0.5, 0.6) is 0 Å². The van der Waals surface area contributed by atoms with Crippen LogP contribution in [0, 0.1) is 6.92 Å². The van der Waals surface area contributed by atoms with Gasteiger partial charge in [0.25, 0.3) is 0 Å². The minimum absolute atomic E-state index is 0.00357. The maximum atomic E-state index is 11.3. The summed E-state index contributed by atoms with van der Waals surface area (Å²) < 4.78 is 0. The van der Waals surface area contributed by atoms with Gasteiger partial charge in [0, 0.05) is 18.8 Å². The highest BCUT2D eigenvalue weighted by molar-refractivity contribution is 5.93. The zero-order chi connectivity index (χ0) is 9.26. The van der Waals surface area contributed by atoms with E-state index in [-0.39, 0.29) is 6.03 Å². The van der Waals surface area contributed by atoms with Crippen LogP contribution in [0.25, 0.3) is 0 Å². The maximum absolute atomic E-state index is 11.3. The van der Waals surface area contributed by atoms with E-state index in [0.29, 0.717) is 0 Å². The predicted octanol–water partition coefficient (Wildman–Crippen LogP) is 1.52. The van der Waals surface area contributed by atoms with Crippen LogP contribution in [0.15, 0.2) is 24.3 Å². The quantitative estimate of drug-likeness (QED) is 0.691. The van der Waals surface area contributed by atoms with Gasteiger partial charge in [-0.1, -0.05) is 17.7 Å². The Morgan fingerprint density at radius 2 is 2.00 bits per heavy atom. The summed E-state index contributed by atoms with van der Waals surface area (Å²) in [6.45, 7) is 3.54. The van der Waals surface area contributed by atoms with Crippen molar-refractivity contribution >= 4 is 11.7 Å². The molecule has 1 fully saturated rings. The molecule has 68 valence electrons. The molecular weight excluding hydrogens is 164 g/mol. The van der Waals surface area contributed by atoms with Gasteiger partial charge < -0.3 is 5.32 Å². The van der Waals surface area contributed by atoms with E-state index in [2.05, 4.69) is 5.32 Å². The average Bonchev–Trinajstić information content (AvgIpc) is 2.53. The molecular formula is C10H12N2O. The zero-order valence-corrected chi connectivity index (χ0v) is 7.58. The maximum Gasteiger partial charge on any atom is 0.321 e. The highest BCUT2D eigenvalue weighted by atomic mass is 16.2. The molecule has 0 unspecified atom stereocenters. The summed E-state index contributed by atoms with van der Waals surface area (Å²) in [7, 11) is 0. The van der Waals surface area contributed by atoms with Gasteiger partial charge in [0.05, 0.1) is 0 Å². The Bertz CT molecular complexity index is 318. The topological polar surface area (TPSA) is 32.3 Å². The fourth-order valence-electron chi connectivity index (χ4n) is 1.44. The fourth-order valence-corrected chi connectivity index (χ4v) is 1.44. The van der Waals surface area contributed by atoms with Crippen LogP contribution in [-0.4, -0.2) is 19.1 Å². The number of anilines is 1. The molecule has 0 spiro atoms. The van der Waals surface area contributed by atoms with Crippen LogP contribution in [0.3, 0.4) is 0 Å². The van der Waals surface area contributed by atoms with Gasteiger partial charge >= 0.3 is 6.03 Å². The summed E-state index contributed by atoms with van der Waals surface area (Å²) in [5.41, 5.74) is 2.18. The molecule has 1 saturated heterocycles. The van der Waals surface area contributed by atoms with Gasteiger partial charge in [0.2, 0.25) is 0 Å². The average molecular weight is 176 g/mol. The SMILES string of the molecule is Cc1ccc(N2CCNC2=O)cc1. The molecule has 0 aliphatic carbocycles. The van der Waals surface area contributed by atoms with Crippen molar-refractivity contribution in [2.45, 2.75) is 6.92 Å². The number of amides is 2. The molecule has 3 nitrogen and oxygen atoms in total. The first-order valence-corrected chi connectivity index (χ1v) is 4.39. The lowest BCUT2D eigenvalue weighted by Gasteiger charge is -2.13. The molecule has 1 aromatic carbocycles. The molecule has 0 aromatic heterocycles. The molecule has 1 N–H and O–H groups in total. The summed E-state index contributed by atoms with van der Waals surface area (Å²) >= 11 is 0. The van der Waals surface area contributed by atoms with E-state index in [0.717, 1.165) is 18.8 Å². The van der Waals surface area contributed by atoms with Gasteiger partial charge in [-0.25, -0.2) is 4.79 Å². The van der Waals surface area contributed by atoms with E-state index < -0.39 is 0 Å². The first kappa shape index (κ1) is 8.10. The van der Waals surface area contributed by atoms with Crippen molar-refractivity contribution < 1.29 is 4.79 Å². The molecule has 1 heterocycles. The summed E-state index contributed by atoms with van der Waals surface area (Å²) in [4.78, 5) is 13.0. The Labute approximate surface area is 77.4 Å². The summed E-state index contributed by atoms with van der Waals surface area (Å²) in [5, 5.41) is 2.77. The third-order valence-corrected chi connectivity index (χ3v) is 2.20. The van der Waals surface area contributed by atoms with Crippen molar-refractivity contribution in [3.05, 3.63) is 29.8 Å². The molecule has 1 aromatic rings. The van der Waals surface area contributed by atoms with Gasteiger partial charge in [0.1, 0.15) is 0 Å². The Hall–Kier alpha value is -1.51. The highest BCUT2D eigenvalue weighted by Gasteiger charge is 2.20. The van der Waals surface area contributed by atoms with E-state index in [9.17, 15) is 4.79 Å². The number of hydrogen-bond acceptors (Lipinski definition) is 1. The lowest BCUT2D eigenvalue weighted by atomic mass is 10.2. The number of nitrogens with one attached hydrogen (secondary N) is 1. The minimum atomic E-state index is 0.00357. The van der Waals surface area contributed by atoms with Crippen LogP contribution >= 0.6 is 0 Å². The Kier molecular flexibility index (Phi) is 1.93. The van der Waals surface area contributed by atoms with E-state index in [1.54, 1.807) is 4.90 Å². The standard InChI is InChI=1S/C10H12N2O/c1-8-2-4-9(5-3-8)12-7-6-11-10(12)13/h2-5H,6-7H2,1H3,(H,11,13). The zero-order valence-electron chi connectivity index (χ0n) is 7.58. The number of benzene rings is 1. The Morgan fingerprint density at radius 1 is 1.31 bits per heavy atom. The van der Waals surface area contributed by atoms with Crippen LogP contribution in [0.2, 0.25) is 0 Å². The molecule has 1 aliphatic rings. The van der Waals surface area contributed by atoms with Gasteiger partial charge in [-0.2, -0.15) is 0 Å². The Balaban J connectivity index is 2.25. The molecule has 2 amide bonds. The van der Waals surface area contributed by atoms with Crippen LogP contribution < -0.4 is 10.2 Å². The third-order valence-electron chi connectivity index (χ3n) is 2.20. The first-order chi connectivity index (χ1) is 6.27. The number of nitrogens with zero attached hydrogens (tertiary/aromatic N) is 1.